The number of hydrogen-bond acceptors (Lipinski definition) is 2. The maximum atomic E-state index is 11.1. The lowest BCUT2D eigenvalue weighted by Gasteiger charge is -2.11. The van der Waals surface area contributed by atoms with Crippen molar-refractivity contribution < 1.29 is 9.90 Å². The third-order valence-electron chi connectivity index (χ3n) is 2.45. The van der Waals surface area contributed by atoms with Gasteiger partial charge in [-0.05, 0) is 17.5 Å². The van der Waals surface area contributed by atoms with Gasteiger partial charge in [0.1, 0.15) is 0 Å². The highest BCUT2D eigenvalue weighted by Crippen LogP contribution is 2.26. The lowest BCUT2D eigenvalue weighted by atomic mass is 9.98. The van der Waals surface area contributed by atoms with Crippen LogP contribution >= 0.6 is 11.6 Å². The molecule has 0 aromatic carbocycles. The van der Waals surface area contributed by atoms with E-state index in [4.69, 9.17) is 16.7 Å². The average Bonchev–Trinajstić information content (AvgIpc) is 2.55. The number of aromatic nitrogens is 2. The summed E-state index contributed by atoms with van der Waals surface area (Å²) in [6, 6.07) is 1.73. The molecule has 2 aromatic rings. The zero-order valence-electron chi connectivity index (χ0n) is 8.94. The molecule has 0 radical (unpaired) electrons. The summed E-state index contributed by atoms with van der Waals surface area (Å²) in [5, 5.41) is 13.7. The Labute approximate surface area is 97.5 Å². The standard InChI is InChI=1S/C11H11ClN2O2/c1-6(2)10-8(11(15)16)4-13-14-5-7(12)3-9(10)14/h3-6H,1-2H3,(H,15,16). The number of carboxylic acid groups (broad SMARTS) is 1. The molecule has 0 atom stereocenters. The second kappa shape index (κ2) is 3.79. The summed E-state index contributed by atoms with van der Waals surface area (Å²) in [6.07, 6.45) is 3.02. The van der Waals surface area contributed by atoms with Crippen LogP contribution in [0.4, 0.5) is 0 Å². The number of nitrogens with zero attached hydrogens (tertiary/aromatic N) is 2. The van der Waals surface area contributed by atoms with Crippen LogP contribution in [0.2, 0.25) is 5.02 Å². The minimum atomic E-state index is -0.962. The van der Waals surface area contributed by atoms with Gasteiger partial charge in [-0.2, -0.15) is 5.10 Å². The molecule has 1 N–H and O–H groups in total. The van der Waals surface area contributed by atoms with Gasteiger partial charge in [0.05, 0.1) is 22.3 Å². The summed E-state index contributed by atoms with van der Waals surface area (Å²) in [7, 11) is 0. The van der Waals surface area contributed by atoms with Gasteiger partial charge in [-0.3, -0.25) is 0 Å². The van der Waals surface area contributed by atoms with Gasteiger partial charge in [0.15, 0.2) is 0 Å². The molecule has 0 spiro atoms. The monoisotopic (exact) mass is 238 g/mol. The summed E-state index contributed by atoms with van der Waals surface area (Å²) in [6.45, 7) is 3.89. The van der Waals surface area contributed by atoms with Crippen molar-refractivity contribution in [2.24, 2.45) is 0 Å². The number of rotatable bonds is 2. The van der Waals surface area contributed by atoms with Gasteiger partial charge in [-0.1, -0.05) is 25.4 Å². The molecule has 0 amide bonds. The van der Waals surface area contributed by atoms with Gasteiger partial charge < -0.3 is 5.11 Å². The molecule has 2 rings (SSSR count). The van der Waals surface area contributed by atoms with E-state index in [2.05, 4.69) is 5.10 Å². The van der Waals surface area contributed by atoms with E-state index in [9.17, 15) is 4.79 Å². The van der Waals surface area contributed by atoms with Crippen molar-refractivity contribution in [3.8, 4) is 0 Å². The SMILES string of the molecule is CC(C)c1c(C(=O)O)cnn2cc(Cl)cc12. The highest BCUT2D eigenvalue weighted by Gasteiger charge is 2.17. The van der Waals surface area contributed by atoms with Crippen LogP contribution in [0.15, 0.2) is 18.5 Å². The van der Waals surface area contributed by atoms with E-state index in [1.807, 2.05) is 13.8 Å². The molecule has 0 unspecified atom stereocenters. The van der Waals surface area contributed by atoms with Crippen LogP contribution in [0.1, 0.15) is 35.7 Å². The number of fused-ring (bicyclic) bond motifs is 1. The molecule has 84 valence electrons. The van der Waals surface area contributed by atoms with Crippen LogP contribution in [0.3, 0.4) is 0 Å². The Morgan fingerprint density at radius 1 is 1.56 bits per heavy atom. The van der Waals surface area contributed by atoms with Gasteiger partial charge in [-0.15, -0.1) is 0 Å². The molecule has 0 saturated heterocycles. The molecule has 0 fully saturated rings. The second-order valence-electron chi connectivity index (χ2n) is 3.92. The van der Waals surface area contributed by atoms with Crippen molar-refractivity contribution in [1.29, 1.82) is 0 Å². The smallest absolute Gasteiger partial charge is 0.337 e. The molecule has 2 heterocycles. The first-order valence-electron chi connectivity index (χ1n) is 4.90. The molecule has 0 bridgehead atoms. The molecule has 0 aliphatic carbocycles. The average molecular weight is 239 g/mol. The fourth-order valence-corrected chi connectivity index (χ4v) is 2.02. The molecule has 2 aromatic heterocycles. The quantitative estimate of drug-likeness (QED) is 0.875. The molecule has 0 aliphatic rings. The predicted octanol–water partition coefficient (Wildman–Crippen LogP) is 2.81. The first-order valence-corrected chi connectivity index (χ1v) is 5.28. The van der Waals surface area contributed by atoms with Crippen molar-refractivity contribution >= 4 is 23.1 Å². The Kier molecular flexibility index (Phi) is 2.59. The molecule has 4 nitrogen and oxygen atoms in total. The Morgan fingerprint density at radius 3 is 2.81 bits per heavy atom. The molecule has 0 aliphatic heterocycles. The van der Waals surface area contributed by atoms with Gasteiger partial charge >= 0.3 is 5.97 Å². The maximum absolute atomic E-state index is 11.1. The number of aromatic carboxylic acids is 1. The molecule has 16 heavy (non-hydrogen) atoms. The van der Waals surface area contributed by atoms with Gasteiger partial charge in [-0.25, -0.2) is 9.31 Å². The third kappa shape index (κ3) is 1.65. The summed E-state index contributed by atoms with van der Waals surface area (Å²) in [5.41, 5.74) is 1.74. The number of carboxylic acids is 1. The minimum Gasteiger partial charge on any atom is -0.478 e. The summed E-state index contributed by atoms with van der Waals surface area (Å²) in [5.74, 6) is -0.862. The van der Waals surface area contributed by atoms with Gasteiger partial charge in [0.25, 0.3) is 0 Å². The van der Waals surface area contributed by atoms with E-state index >= 15 is 0 Å². The lowest BCUT2D eigenvalue weighted by Crippen LogP contribution is -2.08. The Bertz CT molecular complexity index is 560. The third-order valence-corrected chi connectivity index (χ3v) is 2.66. The van der Waals surface area contributed by atoms with Gasteiger partial charge in [0.2, 0.25) is 0 Å². The van der Waals surface area contributed by atoms with E-state index in [1.54, 1.807) is 16.8 Å². The van der Waals surface area contributed by atoms with E-state index in [0.29, 0.717) is 5.02 Å². The van der Waals surface area contributed by atoms with Crippen LogP contribution < -0.4 is 0 Å². The predicted molar refractivity (Wildman–Crippen MR) is 61.3 cm³/mol. The molecule has 0 saturated carbocycles. The Hall–Kier alpha value is -1.55. The fourth-order valence-electron chi connectivity index (χ4n) is 1.82. The van der Waals surface area contributed by atoms with E-state index < -0.39 is 5.97 Å². The second-order valence-corrected chi connectivity index (χ2v) is 4.36. The molecular formula is C11H11ClN2O2. The molecule has 5 heteroatoms. The lowest BCUT2D eigenvalue weighted by molar-refractivity contribution is 0.0694. The normalized spacial score (nSPS) is 11.2. The Morgan fingerprint density at radius 2 is 2.25 bits per heavy atom. The van der Waals surface area contributed by atoms with E-state index in [-0.39, 0.29) is 11.5 Å². The largest absolute Gasteiger partial charge is 0.478 e. The highest BCUT2D eigenvalue weighted by atomic mass is 35.5. The van der Waals surface area contributed by atoms with Crippen LogP contribution in [-0.2, 0) is 0 Å². The summed E-state index contributed by atoms with van der Waals surface area (Å²) >= 11 is 5.88. The molecular weight excluding hydrogens is 228 g/mol. The summed E-state index contributed by atoms with van der Waals surface area (Å²) < 4.78 is 1.60. The number of carbonyl (C=O) groups is 1. The fraction of sp³-hybridized carbons (Fsp3) is 0.273. The zero-order valence-corrected chi connectivity index (χ0v) is 9.69. The van der Waals surface area contributed by atoms with Gasteiger partial charge in [0, 0.05) is 6.20 Å². The first-order chi connectivity index (χ1) is 7.50. The minimum absolute atomic E-state index is 0.0996. The highest BCUT2D eigenvalue weighted by molar-refractivity contribution is 6.31. The maximum Gasteiger partial charge on any atom is 0.337 e. The van der Waals surface area contributed by atoms with E-state index in [0.717, 1.165) is 11.1 Å². The van der Waals surface area contributed by atoms with Crippen molar-refractivity contribution in [3.05, 3.63) is 34.6 Å². The Balaban J connectivity index is 2.83. The van der Waals surface area contributed by atoms with Crippen LogP contribution in [-0.4, -0.2) is 20.7 Å². The van der Waals surface area contributed by atoms with E-state index in [1.165, 1.54) is 6.20 Å². The number of hydrogen-bond donors (Lipinski definition) is 1. The topological polar surface area (TPSA) is 54.6 Å². The number of halogens is 1. The van der Waals surface area contributed by atoms with Crippen molar-refractivity contribution in [2.75, 3.05) is 0 Å². The zero-order chi connectivity index (χ0) is 11.9. The van der Waals surface area contributed by atoms with Crippen molar-refractivity contribution in [1.82, 2.24) is 9.61 Å². The summed E-state index contributed by atoms with van der Waals surface area (Å²) in [4.78, 5) is 11.1. The van der Waals surface area contributed by atoms with Crippen molar-refractivity contribution in [2.45, 2.75) is 19.8 Å². The van der Waals surface area contributed by atoms with Crippen LogP contribution in [0.5, 0.6) is 0 Å². The van der Waals surface area contributed by atoms with Crippen molar-refractivity contribution in [3.63, 3.8) is 0 Å². The van der Waals surface area contributed by atoms with Crippen LogP contribution in [0.25, 0.3) is 5.52 Å². The van der Waals surface area contributed by atoms with Crippen LogP contribution in [0, 0.1) is 0 Å². The first kappa shape index (κ1) is 11.0.